The fourth-order valence-electron chi connectivity index (χ4n) is 8.91. The SMILES string of the molecule is CC1(C)c2ccccc2-c2cc3c(-c4ccccc4)cc(-n4c5ccccc5c5cc6c7ccccc7n(-c7ccccc7)c6cc54)nc3cc21. The molecule has 3 heterocycles. The van der Waals surface area contributed by atoms with Crippen molar-refractivity contribution in [1.82, 2.24) is 14.1 Å². The molecule has 3 nitrogen and oxygen atoms in total. The third-order valence-corrected chi connectivity index (χ3v) is 11.3. The summed E-state index contributed by atoms with van der Waals surface area (Å²) in [5.74, 6) is 0.919. The molecule has 0 saturated carbocycles. The number of nitrogens with zero attached hydrogens (tertiary/aromatic N) is 3. The molecule has 10 aromatic rings. The predicted octanol–water partition coefficient (Wildman–Crippen LogP) is 12.4. The van der Waals surface area contributed by atoms with Crippen molar-refractivity contribution in [3.05, 3.63) is 175 Å². The lowest BCUT2D eigenvalue weighted by Crippen LogP contribution is -2.15. The molecule has 0 spiro atoms. The van der Waals surface area contributed by atoms with Crippen molar-refractivity contribution in [2.75, 3.05) is 0 Å². The first kappa shape index (κ1) is 28.4. The molecule has 3 heteroatoms. The van der Waals surface area contributed by atoms with Crippen LogP contribution in [0.5, 0.6) is 0 Å². The number of hydrogen-bond acceptors (Lipinski definition) is 1. The summed E-state index contributed by atoms with van der Waals surface area (Å²) in [5, 5.41) is 6.12. The molecule has 1 aliphatic rings. The van der Waals surface area contributed by atoms with Gasteiger partial charge in [-0.1, -0.05) is 123 Å². The second-order valence-electron chi connectivity index (χ2n) is 14.4. The van der Waals surface area contributed by atoms with Crippen molar-refractivity contribution in [2.24, 2.45) is 0 Å². The zero-order valence-corrected chi connectivity index (χ0v) is 28.4. The van der Waals surface area contributed by atoms with Gasteiger partial charge >= 0.3 is 0 Å². The number of hydrogen-bond donors (Lipinski definition) is 0. The quantitative estimate of drug-likeness (QED) is 0.186. The van der Waals surface area contributed by atoms with Crippen molar-refractivity contribution >= 4 is 54.5 Å². The van der Waals surface area contributed by atoms with E-state index in [9.17, 15) is 0 Å². The number of rotatable bonds is 3. The first-order valence-electron chi connectivity index (χ1n) is 17.7. The minimum atomic E-state index is -0.117. The van der Waals surface area contributed by atoms with E-state index in [0.29, 0.717) is 0 Å². The van der Waals surface area contributed by atoms with Crippen molar-refractivity contribution < 1.29 is 0 Å². The fraction of sp³-hybridized carbons (Fsp3) is 0.0625. The molecule has 51 heavy (non-hydrogen) atoms. The standard InChI is InChI=1S/C48H33N3/c1-48(2)40-22-12-9-19-32(40)36-25-37-35(30-15-5-3-6-16-30)27-47(49-42(37)28-41(36)48)51-44-24-14-11-21-34(44)39-26-38-33-20-10-13-23-43(33)50(45(38)29-46(39)51)31-17-7-4-8-18-31/h3-29H,1-2H3. The average Bonchev–Trinajstić information content (AvgIpc) is 3.76. The highest BCUT2D eigenvalue weighted by molar-refractivity contribution is 6.19. The van der Waals surface area contributed by atoms with Crippen LogP contribution >= 0.6 is 0 Å². The summed E-state index contributed by atoms with van der Waals surface area (Å²) in [4.78, 5) is 5.57. The summed E-state index contributed by atoms with van der Waals surface area (Å²) in [7, 11) is 0. The highest BCUT2D eigenvalue weighted by Crippen LogP contribution is 2.50. The lowest BCUT2D eigenvalue weighted by Gasteiger charge is -2.22. The van der Waals surface area contributed by atoms with Crippen LogP contribution in [0.15, 0.2) is 164 Å². The molecule has 0 amide bonds. The van der Waals surface area contributed by atoms with Crippen LogP contribution in [-0.4, -0.2) is 14.1 Å². The maximum atomic E-state index is 5.57. The maximum Gasteiger partial charge on any atom is 0.138 e. The summed E-state index contributed by atoms with van der Waals surface area (Å²) in [6.45, 7) is 4.69. The Labute approximate surface area is 295 Å². The van der Waals surface area contributed by atoms with Crippen molar-refractivity contribution in [3.63, 3.8) is 0 Å². The van der Waals surface area contributed by atoms with Gasteiger partial charge in [0.15, 0.2) is 0 Å². The van der Waals surface area contributed by atoms with Gasteiger partial charge in [-0.3, -0.25) is 4.57 Å². The van der Waals surface area contributed by atoms with Gasteiger partial charge in [0.2, 0.25) is 0 Å². The first-order chi connectivity index (χ1) is 25.1. The molecule has 0 unspecified atom stereocenters. The van der Waals surface area contributed by atoms with Crippen LogP contribution in [0.4, 0.5) is 0 Å². The zero-order valence-electron chi connectivity index (χ0n) is 28.4. The number of benzene rings is 7. The number of fused-ring (bicyclic) bond motifs is 10. The number of aromatic nitrogens is 3. The predicted molar refractivity (Wildman–Crippen MR) is 213 cm³/mol. The third-order valence-electron chi connectivity index (χ3n) is 11.3. The number of para-hydroxylation sites is 3. The van der Waals surface area contributed by atoms with Gasteiger partial charge in [0.25, 0.3) is 0 Å². The lowest BCUT2D eigenvalue weighted by atomic mass is 9.82. The van der Waals surface area contributed by atoms with Gasteiger partial charge in [-0.2, -0.15) is 0 Å². The molecule has 0 atom stereocenters. The van der Waals surface area contributed by atoms with E-state index in [1.165, 1.54) is 71.3 Å². The maximum absolute atomic E-state index is 5.57. The van der Waals surface area contributed by atoms with Crippen LogP contribution in [-0.2, 0) is 5.41 Å². The van der Waals surface area contributed by atoms with Crippen LogP contribution in [0, 0.1) is 0 Å². The first-order valence-corrected chi connectivity index (χ1v) is 17.7. The Bertz CT molecular complexity index is 3030. The molecule has 0 bridgehead atoms. The summed E-state index contributed by atoms with van der Waals surface area (Å²) < 4.78 is 4.79. The zero-order chi connectivity index (χ0) is 33.8. The van der Waals surface area contributed by atoms with Crippen LogP contribution in [0.2, 0.25) is 0 Å². The molecule has 0 aliphatic heterocycles. The molecule has 0 saturated heterocycles. The molecule has 0 N–H and O–H groups in total. The van der Waals surface area contributed by atoms with Crippen molar-refractivity contribution in [3.8, 4) is 33.8 Å². The molecule has 0 fully saturated rings. The Morgan fingerprint density at radius 1 is 0.412 bits per heavy atom. The molecule has 11 rings (SSSR count). The van der Waals surface area contributed by atoms with Crippen LogP contribution in [0.3, 0.4) is 0 Å². The third kappa shape index (κ3) is 3.92. The molecule has 3 aromatic heterocycles. The second-order valence-corrected chi connectivity index (χ2v) is 14.4. The summed E-state index contributed by atoms with van der Waals surface area (Å²) in [6, 6.07) is 59.7. The molecule has 1 aliphatic carbocycles. The van der Waals surface area contributed by atoms with Gasteiger partial charge in [0, 0.05) is 38.0 Å². The van der Waals surface area contributed by atoms with E-state index in [1.807, 2.05) is 0 Å². The van der Waals surface area contributed by atoms with Gasteiger partial charge in [-0.15, -0.1) is 0 Å². The van der Waals surface area contributed by atoms with E-state index in [-0.39, 0.29) is 5.41 Å². The Balaban J connectivity index is 1.26. The molecular formula is C48H33N3. The minimum Gasteiger partial charge on any atom is -0.309 e. The number of pyridine rings is 1. The van der Waals surface area contributed by atoms with E-state index in [2.05, 4.69) is 187 Å². The van der Waals surface area contributed by atoms with Crippen molar-refractivity contribution in [1.29, 1.82) is 0 Å². The highest BCUT2D eigenvalue weighted by atomic mass is 15.1. The summed E-state index contributed by atoms with van der Waals surface area (Å²) in [6.07, 6.45) is 0. The molecule has 0 radical (unpaired) electrons. The van der Waals surface area contributed by atoms with Crippen LogP contribution in [0.25, 0.3) is 88.3 Å². The fourth-order valence-corrected chi connectivity index (χ4v) is 8.91. The Morgan fingerprint density at radius 2 is 1.02 bits per heavy atom. The van der Waals surface area contributed by atoms with E-state index >= 15 is 0 Å². The smallest absolute Gasteiger partial charge is 0.138 e. The van der Waals surface area contributed by atoms with Crippen LogP contribution < -0.4 is 0 Å². The van der Waals surface area contributed by atoms with Gasteiger partial charge in [0.05, 0.1) is 27.6 Å². The van der Waals surface area contributed by atoms with E-state index in [0.717, 1.165) is 28.1 Å². The highest BCUT2D eigenvalue weighted by Gasteiger charge is 2.36. The lowest BCUT2D eigenvalue weighted by molar-refractivity contribution is 0.661. The van der Waals surface area contributed by atoms with E-state index < -0.39 is 0 Å². The van der Waals surface area contributed by atoms with Gasteiger partial charge < -0.3 is 4.57 Å². The van der Waals surface area contributed by atoms with Gasteiger partial charge in [-0.25, -0.2) is 4.98 Å². The Morgan fingerprint density at radius 3 is 1.76 bits per heavy atom. The minimum absolute atomic E-state index is 0.117. The van der Waals surface area contributed by atoms with E-state index in [1.54, 1.807) is 0 Å². The van der Waals surface area contributed by atoms with Crippen molar-refractivity contribution in [2.45, 2.75) is 19.3 Å². The normalized spacial score (nSPS) is 13.5. The Kier molecular flexibility index (Phi) is 5.73. The van der Waals surface area contributed by atoms with E-state index in [4.69, 9.17) is 4.98 Å². The molecule has 240 valence electrons. The monoisotopic (exact) mass is 651 g/mol. The summed E-state index contributed by atoms with van der Waals surface area (Å²) in [5.41, 5.74) is 14.4. The van der Waals surface area contributed by atoms with Crippen LogP contribution in [0.1, 0.15) is 25.0 Å². The summed E-state index contributed by atoms with van der Waals surface area (Å²) >= 11 is 0. The topological polar surface area (TPSA) is 22.8 Å². The second kappa shape index (κ2) is 10.3. The van der Waals surface area contributed by atoms with Gasteiger partial charge in [-0.05, 0) is 88.0 Å². The molecule has 7 aromatic carbocycles. The largest absolute Gasteiger partial charge is 0.309 e. The average molecular weight is 652 g/mol. The molecular weight excluding hydrogens is 619 g/mol. The van der Waals surface area contributed by atoms with Gasteiger partial charge in [0.1, 0.15) is 5.82 Å². The Hall–Kier alpha value is -6.45.